The second-order valence-electron chi connectivity index (χ2n) is 6.01. The maximum absolute atomic E-state index is 12.0. The Kier molecular flexibility index (Phi) is 6.05. The lowest BCUT2D eigenvalue weighted by Gasteiger charge is -2.17. The van der Waals surface area contributed by atoms with Gasteiger partial charge in [-0.2, -0.15) is 0 Å². The van der Waals surface area contributed by atoms with E-state index in [9.17, 15) is 4.79 Å². The first-order valence-electron chi connectivity index (χ1n) is 7.86. The van der Waals surface area contributed by atoms with Crippen LogP contribution in [0.1, 0.15) is 32.3 Å². The molecule has 0 aliphatic carbocycles. The van der Waals surface area contributed by atoms with Crippen LogP contribution in [0.4, 0.5) is 0 Å². The van der Waals surface area contributed by atoms with Crippen molar-refractivity contribution in [2.24, 2.45) is 5.92 Å². The van der Waals surface area contributed by atoms with E-state index in [1.807, 2.05) is 29.2 Å². The number of rotatable bonds is 7. The number of nitrogens with one attached hydrogen (secondary N) is 1. The summed E-state index contributed by atoms with van der Waals surface area (Å²) < 4.78 is 5.74. The maximum Gasteiger partial charge on any atom is 0.260 e. The van der Waals surface area contributed by atoms with Gasteiger partial charge in [0.2, 0.25) is 0 Å². The molecule has 4 heteroatoms. The van der Waals surface area contributed by atoms with Gasteiger partial charge in [0.05, 0.1) is 0 Å². The zero-order valence-electron chi connectivity index (χ0n) is 13.1. The summed E-state index contributed by atoms with van der Waals surface area (Å²) in [6, 6.07) is 7.93. The van der Waals surface area contributed by atoms with Crippen molar-refractivity contribution >= 4 is 5.91 Å². The molecule has 1 saturated heterocycles. The number of hydrogen-bond acceptors (Lipinski definition) is 3. The fourth-order valence-corrected chi connectivity index (χ4v) is 2.48. The number of carbonyl (C=O) groups excluding carboxylic acids is 1. The molecule has 2 rings (SSSR count). The van der Waals surface area contributed by atoms with Crippen LogP contribution in [0, 0.1) is 5.92 Å². The van der Waals surface area contributed by atoms with Gasteiger partial charge in [-0.1, -0.05) is 32.0 Å². The molecular weight excluding hydrogens is 264 g/mol. The molecule has 0 spiro atoms. The van der Waals surface area contributed by atoms with Crippen molar-refractivity contribution in [2.45, 2.75) is 33.2 Å². The Balaban J connectivity index is 1.85. The zero-order valence-corrected chi connectivity index (χ0v) is 13.1. The molecule has 0 aromatic heterocycles. The van der Waals surface area contributed by atoms with Gasteiger partial charge in [0.15, 0.2) is 6.61 Å². The van der Waals surface area contributed by atoms with E-state index in [-0.39, 0.29) is 12.5 Å². The van der Waals surface area contributed by atoms with E-state index in [1.54, 1.807) is 0 Å². The number of nitrogens with zero attached hydrogens (tertiary/aromatic N) is 1. The predicted octanol–water partition coefficient (Wildman–Crippen LogP) is 2.43. The van der Waals surface area contributed by atoms with Gasteiger partial charge in [0.25, 0.3) is 5.91 Å². The lowest BCUT2D eigenvalue weighted by molar-refractivity contribution is -0.132. The predicted molar refractivity (Wildman–Crippen MR) is 84.3 cm³/mol. The molecule has 4 nitrogen and oxygen atoms in total. The highest BCUT2D eigenvalue weighted by molar-refractivity contribution is 5.78. The summed E-state index contributed by atoms with van der Waals surface area (Å²) in [5.74, 6) is 1.52. The second kappa shape index (κ2) is 8.03. The molecule has 1 aliphatic heterocycles. The van der Waals surface area contributed by atoms with Gasteiger partial charge in [-0.3, -0.25) is 4.79 Å². The van der Waals surface area contributed by atoms with E-state index in [2.05, 4.69) is 19.2 Å². The van der Waals surface area contributed by atoms with Crippen molar-refractivity contribution < 1.29 is 9.53 Å². The van der Waals surface area contributed by atoms with Gasteiger partial charge < -0.3 is 15.0 Å². The molecule has 1 heterocycles. The minimum atomic E-state index is 0.0949. The fourth-order valence-electron chi connectivity index (χ4n) is 2.48. The first kappa shape index (κ1) is 15.8. The monoisotopic (exact) mass is 290 g/mol. The van der Waals surface area contributed by atoms with Crippen LogP contribution in [0.2, 0.25) is 0 Å². The topological polar surface area (TPSA) is 41.6 Å². The number of para-hydroxylation sites is 1. The Morgan fingerprint density at radius 3 is 2.71 bits per heavy atom. The van der Waals surface area contributed by atoms with Crippen LogP contribution < -0.4 is 10.1 Å². The number of likely N-dealkylation sites (tertiary alicyclic amines) is 1. The van der Waals surface area contributed by atoms with Crippen LogP contribution >= 0.6 is 0 Å². The van der Waals surface area contributed by atoms with Gasteiger partial charge in [-0.05, 0) is 31.4 Å². The first-order valence-corrected chi connectivity index (χ1v) is 7.86. The molecule has 1 aliphatic rings. The molecule has 1 N–H and O–H groups in total. The summed E-state index contributed by atoms with van der Waals surface area (Å²) in [6.45, 7) is 8.00. The molecule has 0 saturated carbocycles. The smallest absolute Gasteiger partial charge is 0.260 e. The van der Waals surface area contributed by atoms with Crippen LogP contribution in [-0.2, 0) is 11.3 Å². The van der Waals surface area contributed by atoms with Gasteiger partial charge in [0, 0.05) is 25.2 Å². The van der Waals surface area contributed by atoms with E-state index in [4.69, 9.17) is 4.74 Å². The molecule has 0 radical (unpaired) electrons. The van der Waals surface area contributed by atoms with Crippen molar-refractivity contribution in [1.29, 1.82) is 0 Å². The van der Waals surface area contributed by atoms with Crippen LogP contribution in [0.25, 0.3) is 0 Å². The highest BCUT2D eigenvalue weighted by Gasteiger charge is 2.18. The molecular formula is C17H26N2O2. The third-order valence-electron chi connectivity index (χ3n) is 3.65. The van der Waals surface area contributed by atoms with Gasteiger partial charge in [-0.25, -0.2) is 0 Å². The molecule has 1 aromatic rings. The van der Waals surface area contributed by atoms with Gasteiger partial charge >= 0.3 is 0 Å². The number of amides is 1. The average Bonchev–Trinajstić information content (AvgIpc) is 3.00. The van der Waals surface area contributed by atoms with Crippen molar-refractivity contribution in [3.63, 3.8) is 0 Å². The van der Waals surface area contributed by atoms with Crippen LogP contribution in [0.3, 0.4) is 0 Å². The van der Waals surface area contributed by atoms with Crippen molar-refractivity contribution in [1.82, 2.24) is 10.2 Å². The molecule has 21 heavy (non-hydrogen) atoms. The largest absolute Gasteiger partial charge is 0.483 e. The first-order chi connectivity index (χ1) is 10.2. The van der Waals surface area contributed by atoms with E-state index in [1.165, 1.54) is 0 Å². The summed E-state index contributed by atoms with van der Waals surface area (Å²) in [5, 5.41) is 3.41. The third-order valence-corrected chi connectivity index (χ3v) is 3.65. The summed E-state index contributed by atoms with van der Waals surface area (Å²) in [5.41, 5.74) is 1.10. The average molecular weight is 290 g/mol. The quantitative estimate of drug-likeness (QED) is 0.838. The highest BCUT2D eigenvalue weighted by Crippen LogP contribution is 2.18. The van der Waals surface area contributed by atoms with Gasteiger partial charge in [0.1, 0.15) is 5.75 Å². The molecule has 116 valence electrons. The second-order valence-corrected chi connectivity index (χ2v) is 6.01. The molecule has 1 aromatic carbocycles. The number of ether oxygens (including phenoxy) is 1. The van der Waals surface area contributed by atoms with E-state index in [0.29, 0.717) is 5.92 Å². The molecule has 0 atom stereocenters. The maximum atomic E-state index is 12.0. The Hall–Kier alpha value is -1.55. The lowest BCUT2D eigenvalue weighted by Crippen LogP contribution is -2.32. The molecule has 1 fully saturated rings. The van der Waals surface area contributed by atoms with Crippen molar-refractivity contribution in [3.8, 4) is 5.75 Å². The minimum absolute atomic E-state index is 0.0949. The lowest BCUT2D eigenvalue weighted by atomic mass is 10.2. The Labute approximate surface area is 127 Å². The number of carbonyl (C=O) groups is 1. The Morgan fingerprint density at radius 2 is 2.00 bits per heavy atom. The van der Waals surface area contributed by atoms with E-state index >= 15 is 0 Å². The zero-order chi connectivity index (χ0) is 15.1. The summed E-state index contributed by atoms with van der Waals surface area (Å²) in [4.78, 5) is 13.9. The third kappa shape index (κ3) is 5.05. The summed E-state index contributed by atoms with van der Waals surface area (Å²) in [6.07, 6.45) is 2.23. The van der Waals surface area contributed by atoms with E-state index in [0.717, 1.165) is 50.3 Å². The number of benzene rings is 1. The molecule has 0 bridgehead atoms. The van der Waals surface area contributed by atoms with Gasteiger partial charge in [-0.15, -0.1) is 0 Å². The summed E-state index contributed by atoms with van der Waals surface area (Å²) in [7, 11) is 0. The standard InChI is InChI=1S/C17H26N2O2/c1-14(2)11-18-12-15-7-3-4-8-16(15)21-13-17(20)19-9-5-6-10-19/h3-4,7-8,14,18H,5-6,9-13H2,1-2H3. The summed E-state index contributed by atoms with van der Waals surface area (Å²) >= 11 is 0. The number of hydrogen-bond donors (Lipinski definition) is 1. The van der Waals surface area contributed by atoms with Crippen molar-refractivity contribution in [3.05, 3.63) is 29.8 Å². The fraction of sp³-hybridized carbons (Fsp3) is 0.588. The van der Waals surface area contributed by atoms with E-state index < -0.39 is 0 Å². The molecule has 0 unspecified atom stereocenters. The van der Waals surface area contributed by atoms with Crippen molar-refractivity contribution in [2.75, 3.05) is 26.2 Å². The van der Waals surface area contributed by atoms with Crippen LogP contribution in [-0.4, -0.2) is 37.0 Å². The van der Waals surface area contributed by atoms with Crippen LogP contribution in [0.5, 0.6) is 5.75 Å². The Morgan fingerprint density at radius 1 is 1.29 bits per heavy atom. The highest BCUT2D eigenvalue weighted by atomic mass is 16.5. The minimum Gasteiger partial charge on any atom is -0.483 e. The molecule has 1 amide bonds. The normalized spacial score (nSPS) is 14.7. The SMILES string of the molecule is CC(C)CNCc1ccccc1OCC(=O)N1CCCC1. The Bertz CT molecular complexity index is 454. The van der Waals surface area contributed by atoms with Crippen LogP contribution in [0.15, 0.2) is 24.3 Å².